The summed E-state index contributed by atoms with van der Waals surface area (Å²) in [5.74, 6) is -1.78. The van der Waals surface area contributed by atoms with Crippen LogP contribution in [0.4, 0.5) is 0 Å². The molecule has 0 heterocycles. The first-order valence-corrected chi connectivity index (χ1v) is 8.51. The first kappa shape index (κ1) is 19.1. The van der Waals surface area contributed by atoms with Gasteiger partial charge in [-0.1, -0.05) is 13.8 Å². The van der Waals surface area contributed by atoms with E-state index in [-0.39, 0.29) is 22.8 Å². The molecule has 2 N–H and O–H groups in total. The predicted molar refractivity (Wildman–Crippen MR) is 83.7 cm³/mol. The number of esters is 1. The van der Waals surface area contributed by atoms with Gasteiger partial charge >= 0.3 is 11.9 Å². The maximum absolute atomic E-state index is 12.3. The minimum Gasteiger partial charge on any atom is -0.480 e. The van der Waals surface area contributed by atoms with Crippen molar-refractivity contribution >= 4 is 22.0 Å². The van der Waals surface area contributed by atoms with Crippen LogP contribution in [0.1, 0.15) is 36.2 Å². The third-order valence-corrected chi connectivity index (χ3v) is 4.69. The van der Waals surface area contributed by atoms with E-state index in [0.717, 1.165) is 0 Å². The summed E-state index contributed by atoms with van der Waals surface area (Å²) in [6, 6.07) is 2.69. The van der Waals surface area contributed by atoms with Crippen LogP contribution in [0.3, 0.4) is 0 Å². The Balaban J connectivity index is 3.11. The molecule has 0 saturated heterocycles. The second-order valence-corrected chi connectivity index (χ2v) is 7.32. The topological polar surface area (TPSA) is 110 Å². The number of aryl methyl sites for hydroxylation is 1. The quantitative estimate of drug-likeness (QED) is 0.727. The van der Waals surface area contributed by atoms with E-state index in [4.69, 9.17) is 5.11 Å². The molecule has 0 aliphatic heterocycles. The van der Waals surface area contributed by atoms with Crippen molar-refractivity contribution in [3.63, 3.8) is 0 Å². The molecule has 8 heteroatoms. The van der Waals surface area contributed by atoms with Crippen molar-refractivity contribution in [3.05, 3.63) is 29.3 Å². The average molecular weight is 343 g/mol. The van der Waals surface area contributed by atoms with Crippen molar-refractivity contribution < 1.29 is 27.9 Å². The number of aliphatic carboxylic acids is 1. The number of benzene rings is 1. The van der Waals surface area contributed by atoms with Crippen LogP contribution in [-0.2, 0) is 19.6 Å². The lowest BCUT2D eigenvalue weighted by Gasteiger charge is -2.17. The van der Waals surface area contributed by atoms with Gasteiger partial charge < -0.3 is 9.84 Å². The maximum atomic E-state index is 12.3. The standard InChI is InChI=1S/C15H21NO6S/c1-9(2)7-13(14(17)18)16-23(20,21)11-5-6-12(10(3)8-11)15(19)22-4/h5-6,8-9,13,16H,7H2,1-4H3,(H,17,18)/t13-/m0/s1. The van der Waals surface area contributed by atoms with Gasteiger partial charge in [0.1, 0.15) is 6.04 Å². The van der Waals surface area contributed by atoms with E-state index in [1.54, 1.807) is 20.8 Å². The maximum Gasteiger partial charge on any atom is 0.338 e. The lowest BCUT2D eigenvalue weighted by Crippen LogP contribution is -2.41. The molecule has 128 valence electrons. The molecule has 1 aromatic carbocycles. The highest BCUT2D eigenvalue weighted by Crippen LogP contribution is 2.17. The second kappa shape index (κ2) is 7.56. The molecule has 0 bridgehead atoms. The van der Waals surface area contributed by atoms with Crippen LogP contribution >= 0.6 is 0 Å². The molecule has 1 rings (SSSR count). The van der Waals surface area contributed by atoms with E-state index in [9.17, 15) is 18.0 Å². The molecule has 1 atom stereocenters. The van der Waals surface area contributed by atoms with E-state index >= 15 is 0 Å². The predicted octanol–water partition coefficient (Wildman–Crippen LogP) is 1.56. The highest BCUT2D eigenvalue weighted by molar-refractivity contribution is 7.89. The van der Waals surface area contributed by atoms with Crippen molar-refractivity contribution in [2.45, 2.75) is 38.1 Å². The lowest BCUT2D eigenvalue weighted by atomic mass is 10.1. The molecular weight excluding hydrogens is 322 g/mol. The fourth-order valence-electron chi connectivity index (χ4n) is 2.07. The van der Waals surface area contributed by atoms with Crippen molar-refractivity contribution in [1.82, 2.24) is 4.72 Å². The van der Waals surface area contributed by atoms with Gasteiger partial charge in [0.2, 0.25) is 10.0 Å². The summed E-state index contributed by atoms with van der Waals surface area (Å²) in [5.41, 5.74) is 0.680. The van der Waals surface area contributed by atoms with Crippen LogP contribution in [-0.4, -0.2) is 38.6 Å². The number of methoxy groups -OCH3 is 1. The van der Waals surface area contributed by atoms with E-state index in [1.165, 1.54) is 25.3 Å². The average Bonchev–Trinajstić information content (AvgIpc) is 2.44. The number of sulfonamides is 1. The van der Waals surface area contributed by atoms with Gasteiger partial charge in [-0.3, -0.25) is 4.79 Å². The number of carboxylic acids is 1. The minimum atomic E-state index is -4.00. The first-order valence-electron chi connectivity index (χ1n) is 7.02. The number of carbonyl (C=O) groups excluding carboxylic acids is 1. The number of hydrogen-bond donors (Lipinski definition) is 2. The molecule has 0 unspecified atom stereocenters. The zero-order valence-electron chi connectivity index (χ0n) is 13.5. The highest BCUT2D eigenvalue weighted by atomic mass is 32.2. The molecule has 0 aliphatic rings. The number of ether oxygens (including phenoxy) is 1. The summed E-state index contributed by atoms with van der Waals surface area (Å²) < 4.78 is 31.5. The van der Waals surface area contributed by atoms with Gasteiger partial charge in [-0.15, -0.1) is 0 Å². The Morgan fingerprint density at radius 2 is 1.91 bits per heavy atom. The Morgan fingerprint density at radius 1 is 1.30 bits per heavy atom. The minimum absolute atomic E-state index is 0.0160. The Labute approximate surface area is 135 Å². The van der Waals surface area contributed by atoms with Gasteiger partial charge in [0.25, 0.3) is 0 Å². The molecule has 0 amide bonds. The summed E-state index contributed by atoms with van der Waals surface area (Å²) in [6.07, 6.45) is 0.174. The summed E-state index contributed by atoms with van der Waals surface area (Å²) >= 11 is 0. The van der Waals surface area contributed by atoms with Crippen LogP contribution in [0, 0.1) is 12.8 Å². The summed E-state index contributed by atoms with van der Waals surface area (Å²) in [4.78, 5) is 22.6. The van der Waals surface area contributed by atoms with Crippen molar-refractivity contribution in [1.29, 1.82) is 0 Å². The van der Waals surface area contributed by atoms with Crippen molar-refractivity contribution in [3.8, 4) is 0 Å². The Kier molecular flexibility index (Phi) is 6.28. The zero-order chi connectivity index (χ0) is 17.8. The van der Waals surface area contributed by atoms with Crippen LogP contribution < -0.4 is 4.72 Å². The van der Waals surface area contributed by atoms with Gasteiger partial charge in [0.15, 0.2) is 0 Å². The fraction of sp³-hybridized carbons (Fsp3) is 0.467. The first-order chi connectivity index (χ1) is 10.6. The fourth-order valence-corrected chi connectivity index (χ4v) is 3.36. The number of hydrogen-bond acceptors (Lipinski definition) is 5. The second-order valence-electron chi connectivity index (χ2n) is 5.61. The SMILES string of the molecule is COC(=O)c1ccc(S(=O)(=O)N[C@@H](CC(C)C)C(=O)O)cc1C. The van der Waals surface area contributed by atoms with E-state index in [1.807, 2.05) is 0 Å². The number of carbonyl (C=O) groups is 2. The third kappa shape index (κ3) is 5.04. The van der Waals surface area contributed by atoms with Crippen LogP contribution in [0.2, 0.25) is 0 Å². The van der Waals surface area contributed by atoms with Crippen LogP contribution in [0.5, 0.6) is 0 Å². The summed E-state index contributed by atoms with van der Waals surface area (Å²) in [7, 11) is -2.77. The molecule has 0 aromatic heterocycles. The number of nitrogens with one attached hydrogen (secondary N) is 1. The van der Waals surface area contributed by atoms with E-state index in [2.05, 4.69) is 9.46 Å². The molecule has 0 radical (unpaired) electrons. The highest BCUT2D eigenvalue weighted by Gasteiger charge is 2.26. The normalized spacial score (nSPS) is 12.9. The van der Waals surface area contributed by atoms with Gasteiger partial charge in [0.05, 0.1) is 17.6 Å². The smallest absolute Gasteiger partial charge is 0.338 e. The van der Waals surface area contributed by atoms with E-state index < -0.39 is 28.0 Å². The van der Waals surface area contributed by atoms with Crippen molar-refractivity contribution in [2.75, 3.05) is 7.11 Å². The Bertz CT molecular complexity index is 696. The van der Waals surface area contributed by atoms with Gasteiger partial charge in [-0.2, -0.15) is 4.72 Å². The molecule has 23 heavy (non-hydrogen) atoms. The number of rotatable bonds is 7. The van der Waals surface area contributed by atoms with E-state index in [0.29, 0.717) is 5.56 Å². The molecule has 0 fully saturated rings. The Hall–Kier alpha value is -1.93. The molecule has 7 nitrogen and oxygen atoms in total. The number of carboxylic acid groups (broad SMARTS) is 1. The molecule has 0 spiro atoms. The van der Waals surface area contributed by atoms with Crippen molar-refractivity contribution in [2.24, 2.45) is 5.92 Å². The van der Waals surface area contributed by atoms with Crippen LogP contribution in [0.15, 0.2) is 23.1 Å². The molecular formula is C15H21NO6S. The molecule has 0 aliphatic carbocycles. The largest absolute Gasteiger partial charge is 0.480 e. The monoisotopic (exact) mass is 343 g/mol. The Morgan fingerprint density at radius 3 is 2.35 bits per heavy atom. The van der Waals surface area contributed by atoms with Gasteiger partial charge in [0, 0.05) is 0 Å². The summed E-state index contributed by atoms with van der Waals surface area (Å²) in [6.45, 7) is 5.19. The van der Waals surface area contributed by atoms with Gasteiger partial charge in [-0.25, -0.2) is 13.2 Å². The third-order valence-electron chi connectivity index (χ3n) is 3.22. The zero-order valence-corrected chi connectivity index (χ0v) is 14.3. The lowest BCUT2D eigenvalue weighted by molar-refractivity contribution is -0.139. The summed E-state index contributed by atoms with van der Waals surface area (Å²) in [5, 5.41) is 9.15. The van der Waals surface area contributed by atoms with Gasteiger partial charge in [-0.05, 0) is 43.0 Å². The molecule has 1 aromatic rings. The van der Waals surface area contributed by atoms with Crippen LogP contribution in [0.25, 0.3) is 0 Å². The molecule has 0 saturated carbocycles.